The highest BCUT2D eigenvalue weighted by atomic mass is 32.1. The molecule has 0 saturated carbocycles. The molecule has 1 aromatic rings. The van der Waals surface area contributed by atoms with Gasteiger partial charge in [0.15, 0.2) is 0 Å². The maximum absolute atomic E-state index is 4.61. The number of rotatable bonds is 15. The fraction of sp³-hybridized carbons (Fsp3) is 0.853. The van der Waals surface area contributed by atoms with Gasteiger partial charge in [0.05, 0.1) is 0 Å². The summed E-state index contributed by atoms with van der Waals surface area (Å²) in [6, 6.07) is 2.22. The molecule has 1 atom stereocenters. The Kier molecular flexibility index (Phi) is 46.7. The second kappa shape index (κ2) is 35.2. The zero-order valence-corrected chi connectivity index (χ0v) is 25.2. The third kappa shape index (κ3) is 33.1. The van der Waals surface area contributed by atoms with Crippen molar-refractivity contribution in [2.24, 2.45) is 11.0 Å². The van der Waals surface area contributed by atoms with Gasteiger partial charge in [0.1, 0.15) is 0 Å². The van der Waals surface area contributed by atoms with Gasteiger partial charge in [-0.05, 0) is 58.1 Å². The number of hydrazone groups is 1. The molecule has 0 fully saturated rings. The van der Waals surface area contributed by atoms with Crippen molar-refractivity contribution in [3.05, 3.63) is 21.4 Å². The molecule has 0 bridgehead atoms. The summed E-state index contributed by atoms with van der Waals surface area (Å²) in [5.41, 5.74) is 2.75. The summed E-state index contributed by atoms with van der Waals surface area (Å²) >= 11 is 1.87. The van der Waals surface area contributed by atoms with Crippen molar-refractivity contribution in [1.82, 2.24) is 5.01 Å². The second-order valence-electron chi connectivity index (χ2n) is 9.79. The van der Waals surface area contributed by atoms with Crippen LogP contribution in [0.1, 0.15) is 170 Å². The van der Waals surface area contributed by atoms with E-state index in [1.165, 1.54) is 111 Å². The van der Waals surface area contributed by atoms with E-state index in [0.29, 0.717) is 5.92 Å². The SMILES string of the molecule is C.C.C.C.CCCCCC.CCCCCCCCC(CCCC)/C(C)=N/N(C)C.Cc1cc(C)c(C)s1. The Balaban J connectivity index is -0.000000111. The molecule has 37 heavy (non-hydrogen) atoms. The van der Waals surface area contributed by atoms with Crippen molar-refractivity contribution in [2.75, 3.05) is 14.1 Å². The molecule has 1 rings (SSSR count). The van der Waals surface area contributed by atoms with E-state index >= 15 is 0 Å². The van der Waals surface area contributed by atoms with Gasteiger partial charge in [-0.15, -0.1) is 11.3 Å². The first kappa shape index (κ1) is 49.2. The van der Waals surface area contributed by atoms with E-state index in [9.17, 15) is 0 Å². The van der Waals surface area contributed by atoms with E-state index in [1.807, 2.05) is 30.4 Å². The molecule has 228 valence electrons. The van der Waals surface area contributed by atoms with Crippen LogP contribution in [0.25, 0.3) is 0 Å². The Morgan fingerprint density at radius 3 is 1.46 bits per heavy atom. The third-order valence-electron chi connectivity index (χ3n) is 6.01. The molecule has 0 radical (unpaired) electrons. The molecule has 0 amide bonds. The van der Waals surface area contributed by atoms with Crippen LogP contribution in [0.5, 0.6) is 0 Å². The average Bonchev–Trinajstić information content (AvgIpc) is 3.06. The lowest BCUT2D eigenvalue weighted by Crippen LogP contribution is -2.16. The quantitative estimate of drug-likeness (QED) is 0.122. The maximum Gasteiger partial charge on any atom is 0.0380 e. The number of hydrogen-bond donors (Lipinski definition) is 0. The van der Waals surface area contributed by atoms with Gasteiger partial charge in [0.25, 0.3) is 0 Å². The molecule has 0 aliphatic heterocycles. The van der Waals surface area contributed by atoms with Gasteiger partial charge < -0.3 is 5.01 Å². The van der Waals surface area contributed by atoms with Crippen LogP contribution in [-0.2, 0) is 0 Å². The van der Waals surface area contributed by atoms with E-state index in [2.05, 4.69) is 66.6 Å². The first-order valence-electron chi connectivity index (χ1n) is 14.0. The highest BCUT2D eigenvalue weighted by Gasteiger charge is 2.12. The third-order valence-corrected chi connectivity index (χ3v) is 7.08. The van der Waals surface area contributed by atoms with Crippen molar-refractivity contribution in [2.45, 2.75) is 175 Å². The smallest absolute Gasteiger partial charge is 0.0380 e. The van der Waals surface area contributed by atoms with Crippen LogP contribution in [0.4, 0.5) is 0 Å². The van der Waals surface area contributed by atoms with Crippen molar-refractivity contribution >= 4 is 17.0 Å². The lowest BCUT2D eigenvalue weighted by atomic mass is 9.91. The number of hydrogen-bond acceptors (Lipinski definition) is 3. The molecule has 2 nitrogen and oxygen atoms in total. The van der Waals surface area contributed by atoms with E-state index in [-0.39, 0.29) is 29.7 Å². The largest absolute Gasteiger partial charge is 0.303 e. The molecule has 0 spiro atoms. The van der Waals surface area contributed by atoms with Crippen LogP contribution >= 0.6 is 11.3 Å². The molecule has 3 heteroatoms. The standard InChI is InChI=1S/C17H36N2.C7H10S.C6H14.4CH4/c1-6-8-10-11-12-13-15-17(14-9-7-2)16(3)18-19(4)5;1-5-4-6(2)8-7(5)3;1-3-5-6-4-2;;;;/h17H,6-15H2,1-5H3;4H,1-3H3;3-6H2,1-2H3;4*1H4/b18-16+;;;;;;. The summed E-state index contributed by atoms with van der Waals surface area (Å²) in [7, 11) is 4.04. The van der Waals surface area contributed by atoms with Crippen LogP contribution in [0, 0.1) is 26.7 Å². The second-order valence-corrected chi connectivity index (χ2v) is 11.2. The zero-order valence-electron chi connectivity index (χ0n) is 24.4. The van der Waals surface area contributed by atoms with Crippen LogP contribution in [0.15, 0.2) is 11.2 Å². The van der Waals surface area contributed by atoms with Gasteiger partial charge in [-0.25, -0.2) is 0 Å². The summed E-state index contributed by atoms with van der Waals surface area (Å²) in [6.45, 7) is 17.7. The first-order chi connectivity index (χ1) is 15.7. The van der Waals surface area contributed by atoms with E-state index in [4.69, 9.17) is 0 Å². The zero-order chi connectivity index (χ0) is 25.5. The highest BCUT2D eigenvalue weighted by Crippen LogP contribution is 2.20. The van der Waals surface area contributed by atoms with Gasteiger partial charge in [0, 0.05) is 29.6 Å². The Labute approximate surface area is 243 Å². The average molecular weight is 545 g/mol. The number of nitrogens with zero attached hydrogens (tertiary/aromatic N) is 2. The monoisotopic (exact) mass is 545 g/mol. The lowest BCUT2D eigenvalue weighted by Gasteiger charge is -2.18. The maximum atomic E-state index is 4.61. The molecular weight excluding hydrogens is 468 g/mol. The van der Waals surface area contributed by atoms with Crippen LogP contribution in [0.3, 0.4) is 0 Å². The Bertz CT molecular complexity index is 537. The normalized spacial score (nSPS) is 10.6. The molecule has 1 aromatic heterocycles. The summed E-state index contributed by atoms with van der Waals surface area (Å²) in [4.78, 5) is 2.86. The summed E-state index contributed by atoms with van der Waals surface area (Å²) in [5, 5.41) is 6.55. The Hall–Kier alpha value is -0.830. The minimum absolute atomic E-state index is 0. The molecule has 0 saturated heterocycles. The van der Waals surface area contributed by atoms with Crippen molar-refractivity contribution in [1.29, 1.82) is 0 Å². The van der Waals surface area contributed by atoms with Crippen LogP contribution in [-0.4, -0.2) is 24.8 Å². The molecule has 1 unspecified atom stereocenters. The van der Waals surface area contributed by atoms with Gasteiger partial charge in [-0.1, -0.05) is 134 Å². The predicted molar refractivity (Wildman–Crippen MR) is 183 cm³/mol. The van der Waals surface area contributed by atoms with Gasteiger partial charge in [-0.2, -0.15) is 5.10 Å². The fourth-order valence-electron chi connectivity index (χ4n) is 3.84. The Morgan fingerprint density at radius 1 is 0.703 bits per heavy atom. The molecular formula is C34H76N2S. The molecule has 0 aliphatic carbocycles. The van der Waals surface area contributed by atoms with Gasteiger partial charge >= 0.3 is 0 Å². The van der Waals surface area contributed by atoms with Gasteiger partial charge in [0.2, 0.25) is 0 Å². The van der Waals surface area contributed by atoms with Crippen molar-refractivity contribution < 1.29 is 0 Å². The van der Waals surface area contributed by atoms with Crippen LogP contribution in [0.2, 0.25) is 0 Å². The van der Waals surface area contributed by atoms with E-state index in [1.54, 1.807) is 0 Å². The minimum Gasteiger partial charge on any atom is -0.303 e. The molecule has 1 heterocycles. The molecule has 0 aromatic carbocycles. The summed E-state index contributed by atoms with van der Waals surface area (Å²) < 4.78 is 0. The topological polar surface area (TPSA) is 15.6 Å². The van der Waals surface area contributed by atoms with E-state index in [0.717, 1.165) is 0 Å². The summed E-state index contributed by atoms with van der Waals surface area (Å²) in [6.07, 6.45) is 19.2. The minimum atomic E-state index is 0. The van der Waals surface area contributed by atoms with Crippen molar-refractivity contribution in [3.8, 4) is 0 Å². The van der Waals surface area contributed by atoms with Crippen molar-refractivity contribution in [3.63, 3.8) is 0 Å². The number of unbranched alkanes of at least 4 members (excludes halogenated alkanes) is 9. The predicted octanol–water partition coefficient (Wildman–Crippen LogP) is 13.3. The first-order valence-corrected chi connectivity index (χ1v) is 14.8. The highest BCUT2D eigenvalue weighted by molar-refractivity contribution is 7.12. The van der Waals surface area contributed by atoms with E-state index < -0.39 is 0 Å². The molecule has 0 aliphatic rings. The fourth-order valence-corrected chi connectivity index (χ4v) is 4.78. The number of aryl methyl sites for hydroxylation is 3. The van der Waals surface area contributed by atoms with Crippen LogP contribution < -0.4 is 0 Å². The number of thiophene rings is 1. The Morgan fingerprint density at radius 2 is 1.11 bits per heavy atom. The summed E-state index contributed by atoms with van der Waals surface area (Å²) in [5.74, 6) is 0.702. The van der Waals surface area contributed by atoms with Gasteiger partial charge in [-0.3, -0.25) is 0 Å². The lowest BCUT2D eigenvalue weighted by molar-refractivity contribution is 0.422. The molecule has 0 N–H and O–H groups in total.